The fraction of sp³-hybridized carbons (Fsp3) is 0.857. The molecule has 0 spiro atoms. The summed E-state index contributed by atoms with van der Waals surface area (Å²) in [5.74, 6) is -0.735. The van der Waals surface area contributed by atoms with Crippen molar-refractivity contribution in [2.45, 2.75) is 20.3 Å². The lowest BCUT2D eigenvalue weighted by molar-refractivity contribution is -0.141. The Morgan fingerprint density at radius 3 is 2.20 bits per heavy atom. The van der Waals surface area contributed by atoms with Gasteiger partial charge in [0.15, 0.2) is 0 Å². The van der Waals surface area contributed by atoms with Crippen molar-refractivity contribution < 1.29 is 9.90 Å². The molecule has 0 saturated carbocycles. The standard InChI is InChI=1S/C7H15NO2/c1-5(2)3-6(4-8)7(9)10/h5-6H,3-4,8H2,1-2H3,(H,9,10)/t6-/m1/s1. The maximum atomic E-state index is 10.4. The van der Waals surface area contributed by atoms with Crippen molar-refractivity contribution in [2.24, 2.45) is 17.6 Å². The molecule has 0 aromatic carbocycles. The molecule has 0 heterocycles. The van der Waals surface area contributed by atoms with Gasteiger partial charge in [0.1, 0.15) is 0 Å². The highest BCUT2D eigenvalue weighted by atomic mass is 16.4. The Balaban J connectivity index is 3.72. The number of hydrogen-bond donors (Lipinski definition) is 2. The minimum atomic E-state index is -0.781. The lowest BCUT2D eigenvalue weighted by Crippen LogP contribution is -2.24. The molecular formula is C7H15NO2. The predicted octanol–water partition coefficient (Wildman–Crippen LogP) is 0.692. The normalized spacial score (nSPS) is 13.6. The summed E-state index contributed by atoms with van der Waals surface area (Å²) in [5.41, 5.74) is 5.24. The highest BCUT2D eigenvalue weighted by molar-refractivity contribution is 5.70. The van der Waals surface area contributed by atoms with Crippen LogP contribution in [0, 0.1) is 11.8 Å². The lowest BCUT2D eigenvalue weighted by atomic mass is 9.98. The van der Waals surface area contributed by atoms with E-state index in [0.717, 1.165) is 0 Å². The average molecular weight is 145 g/mol. The first-order chi connectivity index (χ1) is 4.57. The van der Waals surface area contributed by atoms with Gasteiger partial charge in [0.2, 0.25) is 0 Å². The van der Waals surface area contributed by atoms with Crippen LogP contribution in [0.2, 0.25) is 0 Å². The molecule has 0 rings (SSSR count). The summed E-state index contributed by atoms with van der Waals surface area (Å²) in [6.45, 7) is 4.23. The van der Waals surface area contributed by atoms with Gasteiger partial charge in [-0.1, -0.05) is 13.8 Å². The fourth-order valence-corrected chi connectivity index (χ4v) is 0.867. The highest BCUT2D eigenvalue weighted by Gasteiger charge is 2.15. The Hall–Kier alpha value is -0.570. The SMILES string of the molecule is CC(C)C[C@H](CN)C(=O)O. The molecule has 1 atom stereocenters. The van der Waals surface area contributed by atoms with E-state index in [9.17, 15) is 4.79 Å². The van der Waals surface area contributed by atoms with Crippen LogP contribution >= 0.6 is 0 Å². The molecule has 0 aliphatic rings. The molecule has 0 bridgehead atoms. The van der Waals surface area contributed by atoms with Crippen molar-refractivity contribution in [3.63, 3.8) is 0 Å². The summed E-state index contributed by atoms with van der Waals surface area (Å²) < 4.78 is 0. The van der Waals surface area contributed by atoms with Gasteiger partial charge >= 0.3 is 5.97 Å². The third-order valence-electron chi connectivity index (χ3n) is 1.39. The molecule has 0 radical (unpaired) electrons. The van der Waals surface area contributed by atoms with Crippen molar-refractivity contribution >= 4 is 5.97 Å². The monoisotopic (exact) mass is 145 g/mol. The summed E-state index contributed by atoms with van der Waals surface area (Å²) in [7, 11) is 0. The van der Waals surface area contributed by atoms with Crippen LogP contribution in [0.3, 0.4) is 0 Å². The van der Waals surface area contributed by atoms with Crippen LogP contribution < -0.4 is 5.73 Å². The first-order valence-corrected chi connectivity index (χ1v) is 3.50. The second kappa shape index (κ2) is 4.28. The zero-order valence-electron chi connectivity index (χ0n) is 6.50. The number of carboxylic acid groups (broad SMARTS) is 1. The number of carbonyl (C=O) groups is 1. The molecule has 0 aromatic rings. The van der Waals surface area contributed by atoms with E-state index in [1.54, 1.807) is 0 Å². The number of nitrogens with two attached hydrogens (primary N) is 1. The largest absolute Gasteiger partial charge is 0.481 e. The third-order valence-corrected chi connectivity index (χ3v) is 1.39. The van der Waals surface area contributed by atoms with Crippen molar-refractivity contribution in [1.29, 1.82) is 0 Å². The van der Waals surface area contributed by atoms with Gasteiger partial charge in [-0.2, -0.15) is 0 Å². The molecule has 60 valence electrons. The first-order valence-electron chi connectivity index (χ1n) is 3.50. The first kappa shape index (κ1) is 9.43. The van der Waals surface area contributed by atoms with Gasteiger partial charge < -0.3 is 10.8 Å². The zero-order chi connectivity index (χ0) is 8.15. The van der Waals surface area contributed by atoms with Crippen LogP contribution in [0.25, 0.3) is 0 Å². The van der Waals surface area contributed by atoms with E-state index in [-0.39, 0.29) is 12.5 Å². The zero-order valence-corrected chi connectivity index (χ0v) is 6.50. The highest BCUT2D eigenvalue weighted by Crippen LogP contribution is 2.09. The number of carboxylic acids is 1. The summed E-state index contributed by atoms with van der Waals surface area (Å²) >= 11 is 0. The maximum Gasteiger partial charge on any atom is 0.307 e. The topological polar surface area (TPSA) is 63.3 Å². The number of rotatable bonds is 4. The van der Waals surface area contributed by atoms with Crippen LogP contribution in [-0.4, -0.2) is 17.6 Å². The van der Waals surface area contributed by atoms with E-state index < -0.39 is 5.97 Å². The van der Waals surface area contributed by atoms with Gasteiger partial charge in [0.25, 0.3) is 0 Å². The van der Waals surface area contributed by atoms with E-state index in [2.05, 4.69) is 0 Å². The van der Waals surface area contributed by atoms with E-state index in [1.807, 2.05) is 13.8 Å². The second-order valence-corrected chi connectivity index (χ2v) is 2.90. The van der Waals surface area contributed by atoms with Crippen molar-refractivity contribution in [3.05, 3.63) is 0 Å². The number of hydrogen-bond acceptors (Lipinski definition) is 2. The molecule has 0 aromatic heterocycles. The Morgan fingerprint density at radius 2 is 2.10 bits per heavy atom. The van der Waals surface area contributed by atoms with Gasteiger partial charge in [-0.05, 0) is 12.3 Å². The quantitative estimate of drug-likeness (QED) is 0.611. The van der Waals surface area contributed by atoms with Crippen molar-refractivity contribution in [2.75, 3.05) is 6.54 Å². The summed E-state index contributed by atoms with van der Waals surface area (Å²) in [5, 5.41) is 8.54. The molecule has 3 nitrogen and oxygen atoms in total. The lowest BCUT2D eigenvalue weighted by Gasteiger charge is -2.10. The van der Waals surface area contributed by atoms with Crippen molar-refractivity contribution in [3.8, 4) is 0 Å². The molecule has 0 fully saturated rings. The van der Waals surface area contributed by atoms with Crippen LogP contribution in [0.15, 0.2) is 0 Å². The van der Waals surface area contributed by atoms with Gasteiger partial charge in [-0.15, -0.1) is 0 Å². The van der Waals surface area contributed by atoms with E-state index in [1.165, 1.54) is 0 Å². The molecule has 0 unspecified atom stereocenters. The third kappa shape index (κ3) is 3.45. The molecule has 10 heavy (non-hydrogen) atoms. The minimum Gasteiger partial charge on any atom is -0.481 e. The maximum absolute atomic E-state index is 10.4. The van der Waals surface area contributed by atoms with Gasteiger partial charge in [0.05, 0.1) is 5.92 Å². The fourth-order valence-electron chi connectivity index (χ4n) is 0.867. The van der Waals surface area contributed by atoms with Crippen LogP contribution in [0.1, 0.15) is 20.3 Å². The number of aliphatic carboxylic acids is 1. The smallest absolute Gasteiger partial charge is 0.307 e. The Bertz CT molecular complexity index is 112. The molecule has 0 saturated heterocycles. The summed E-state index contributed by atoms with van der Waals surface area (Å²) in [6, 6.07) is 0. The van der Waals surface area contributed by atoms with Gasteiger partial charge in [-0.3, -0.25) is 4.79 Å². The van der Waals surface area contributed by atoms with Gasteiger partial charge in [-0.25, -0.2) is 0 Å². The minimum absolute atomic E-state index is 0.244. The second-order valence-electron chi connectivity index (χ2n) is 2.90. The molecule has 0 aliphatic heterocycles. The molecular weight excluding hydrogens is 130 g/mol. The van der Waals surface area contributed by atoms with E-state index in [4.69, 9.17) is 10.8 Å². The molecule has 0 aliphatic carbocycles. The molecule has 3 heteroatoms. The Kier molecular flexibility index (Phi) is 4.03. The van der Waals surface area contributed by atoms with Gasteiger partial charge in [0, 0.05) is 6.54 Å². The van der Waals surface area contributed by atoms with E-state index >= 15 is 0 Å². The average Bonchev–Trinajstić information content (AvgIpc) is 1.81. The van der Waals surface area contributed by atoms with Crippen LogP contribution in [0.5, 0.6) is 0 Å². The van der Waals surface area contributed by atoms with Crippen LogP contribution in [-0.2, 0) is 4.79 Å². The molecule has 3 N–H and O–H groups in total. The Labute approximate surface area is 61.2 Å². The predicted molar refractivity (Wildman–Crippen MR) is 39.6 cm³/mol. The van der Waals surface area contributed by atoms with E-state index in [0.29, 0.717) is 12.3 Å². The van der Waals surface area contributed by atoms with Crippen molar-refractivity contribution in [1.82, 2.24) is 0 Å². The summed E-state index contributed by atoms with van der Waals surface area (Å²) in [4.78, 5) is 10.4. The molecule has 0 amide bonds. The van der Waals surface area contributed by atoms with Crippen LogP contribution in [0.4, 0.5) is 0 Å². The Morgan fingerprint density at radius 1 is 1.60 bits per heavy atom. The summed E-state index contributed by atoms with van der Waals surface area (Å²) in [6.07, 6.45) is 0.672.